The van der Waals surface area contributed by atoms with Crippen LogP contribution in [0.25, 0.3) is 0 Å². The predicted octanol–water partition coefficient (Wildman–Crippen LogP) is 1.64. The van der Waals surface area contributed by atoms with Gasteiger partial charge in [0.05, 0.1) is 11.6 Å². The SMILES string of the molecule is CC(C(=O)O)C(=O)NC1CC(=O)N(Cc2ccccc2C(F)(F)F)C1. The molecule has 2 atom stereocenters. The monoisotopic (exact) mass is 358 g/mol. The van der Waals surface area contributed by atoms with Gasteiger partial charge in [-0.3, -0.25) is 14.4 Å². The van der Waals surface area contributed by atoms with E-state index in [0.29, 0.717) is 0 Å². The van der Waals surface area contributed by atoms with E-state index in [1.807, 2.05) is 0 Å². The van der Waals surface area contributed by atoms with Crippen molar-refractivity contribution in [3.8, 4) is 0 Å². The van der Waals surface area contributed by atoms with E-state index >= 15 is 0 Å². The molecule has 9 heteroatoms. The number of hydrogen-bond acceptors (Lipinski definition) is 3. The lowest BCUT2D eigenvalue weighted by atomic mass is 10.1. The molecular weight excluding hydrogens is 341 g/mol. The van der Waals surface area contributed by atoms with Crippen LogP contribution in [0, 0.1) is 5.92 Å². The fourth-order valence-electron chi connectivity index (χ4n) is 2.60. The quantitative estimate of drug-likeness (QED) is 0.784. The third-order valence-corrected chi connectivity index (χ3v) is 4.01. The standard InChI is InChI=1S/C16H17F3N2O4/c1-9(15(24)25)14(23)20-11-6-13(22)21(8-11)7-10-4-2-3-5-12(10)16(17,18)19/h2-5,9,11H,6-8H2,1H3,(H,20,23)(H,24,25). The number of carboxylic acid groups (broad SMARTS) is 1. The number of nitrogens with zero attached hydrogens (tertiary/aromatic N) is 1. The second-order valence-corrected chi connectivity index (χ2v) is 5.90. The molecule has 0 radical (unpaired) electrons. The molecule has 2 unspecified atom stereocenters. The van der Waals surface area contributed by atoms with Crippen LogP contribution in [-0.4, -0.2) is 40.4 Å². The number of hydrogen-bond donors (Lipinski definition) is 2. The number of benzene rings is 1. The van der Waals surface area contributed by atoms with Gasteiger partial charge in [0.25, 0.3) is 0 Å². The number of carbonyl (C=O) groups is 3. The first-order chi connectivity index (χ1) is 11.6. The number of carbonyl (C=O) groups excluding carboxylic acids is 2. The third-order valence-electron chi connectivity index (χ3n) is 4.01. The number of halogens is 3. The summed E-state index contributed by atoms with van der Waals surface area (Å²) in [6.45, 7) is 1.02. The summed E-state index contributed by atoms with van der Waals surface area (Å²) in [5.74, 6) is -3.69. The van der Waals surface area contributed by atoms with Crippen molar-refractivity contribution >= 4 is 17.8 Å². The molecule has 0 bridgehead atoms. The number of likely N-dealkylation sites (tertiary alicyclic amines) is 1. The highest BCUT2D eigenvalue weighted by molar-refractivity contribution is 5.97. The first-order valence-electron chi connectivity index (χ1n) is 7.55. The minimum absolute atomic E-state index is 0.0309. The molecule has 1 aromatic carbocycles. The minimum Gasteiger partial charge on any atom is -0.481 e. The molecule has 2 N–H and O–H groups in total. The van der Waals surface area contributed by atoms with Gasteiger partial charge in [0.15, 0.2) is 0 Å². The highest BCUT2D eigenvalue weighted by atomic mass is 19.4. The van der Waals surface area contributed by atoms with E-state index in [9.17, 15) is 27.6 Å². The van der Waals surface area contributed by atoms with Crippen LogP contribution in [0.5, 0.6) is 0 Å². The Hall–Kier alpha value is -2.58. The summed E-state index contributed by atoms with van der Waals surface area (Å²) in [7, 11) is 0. The molecular formula is C16H17F3N2O4. The molecule has 1 aliphatic rings. The average molecular weight is 358 g/mol. The second-order valence-electron chi connectivity index (χ2n) is 5.90. The summed E-state index contributed by atoms with van der Waals surface area (Å²) >= 11 is 0. The van der Waals surface area contributed by atoms with E-state index in [1.54, 1.807) is 0 Å². The van der Waals surface area contributed by atoms with E-state index < -0.39 is 41.5 Å². The zero-order valence-corrected chi connectivity index (χ0v) is 13.3. The van der Waals surface area contributed by atoms with Crippen molar-refractivity contribution in [1.82, 2.24) is 10.2 Å². The van der Waals surface area contributed by atoms with E-state index in [0.717, 1.165) is 6.07 Å². The fraction of sp³-hybridized carbons (Fsp3) is 0.438. The van der Waals surface area contributed by atoms with Crippen LogP contribution >= 0.6 is 0 Å². The Kier molecular flexibility index (Phi) is 5.34. The van der Waals surface area contributed by atoms with Crippen LogP contribution in [0.2, 0.25) is 0 Å². The Morgan fingerprint density at radius 3 is 2.60 bits per heavy atom. The number of rotatable bonds is 5. The van der Waals surface area contributed by atoms with E-state index in [-0.39, 0.29) is 25.1 Å². The Bertz CT molecular complexity index is 690. The summed E-state index contributed by atoms with van der Waals surface area (Å²) in [5, 5.41) is 11.2. The summed E-state index contributed by atoms with van der Waals surface area (Å²) in [6.07, 6.45) is -4.60. The molecule has 25 heavy (non-hydrogen) atoms. The number of carboxylic acids is 1. The Labute approximate surface area is 141 Å². The topological polar surface area (TPSA) is 86.7 Å². The van der Waals surface area contributed by atoms with E-state index in [4.69, 9.17) is 5.11 Å². The third kappa shape index (κ3) is 4.49. The van der Waals surface area contributed by atoms with Gasteiger partial charge in [-0.1, -0.05) is 18.2 Å². The van der Waals surface area contributed by atoms with Gasteiger partial charge in [-0.2, -0.15) is 13.2 Å². The van der Waals surface area contributed by atoms with Crippen molar-refractivity contribution in [2.24, 2.45) is 5.92 Å². The first-order valence-corrected chi connectivity index (χ1v) is 7.55. The first kappa shape index (κ1) is 18.8. The fourth-order valence-corrected chi connectivity index (χ4v) is 2.60. The molecule has 2 rings (SSSR count). The van der Waals surface area contributed by atoms with Gasteiger partial charge in [0, 0.05) is 19.5 Å². The van der Waals surface area contributed by atoms with Crippen molar-refractivity contribution in [3.63, 3.8) is 0 Å². The summed E-state index contributed by atoms with van der Waals surface area (Å²) in [5.41, 5.74) is -0.844. The molecule has 1 aromatic rings. The van der Waals surface area contributed by atoms with Crippen molar-refractivity contribution in [2.45, 2.75) is 32.1 Å². The van der Waals surface area contributed by atoms with Gasteiger partial charge in [0.2, 0.25) is 11.8 Å². The van der Waals surface area contributed by atoms with Gasteiger partial charge in [-0.25, -0.2) is 0 Å². The molecule has 0 aliphatic carbocycles. The highest BCUT2D eigenvalue weighted by Gasteiger charge is 2.36. The molecule has 0 saturated carbocycles. The maximum absolute atomic E-state index is 13.0. The highest BCUT2D eigenvalue weighted by Crippen LogP contribution is 2.32. The molecule has 6 nitrogen and oxygen atoms in total. The lowest BCUT2D eigenvalue weighted by Gasteiger charge is -2.20. The van der Waals surface area contributed by atoms with Gasteiger partial charge in [-0.05, 0) is 18.6 Å². The molecule has 1 heterocycles. The Morgan fingerprint density at radius 2 is 2.00 bits per heavy atom. The van der Waals surface area contributed by atoms with Gasteiger partial charge in [-0.15, -0.1) is 0 Å². The van der Waals surface area contributed by atoms with Crippen LogP contribution in [-0.2, 0) is 27.1 Å². The van der Waals surface area contributed by atoms with Gasteiger partial charge >= 0.3 is 12.1 Å². The summed E-state index contributed by atoms with van der Waals surface area (Å²) < 4.78 is 39.0. The van der Waals surface area contributed by atoms with Crippen LogP contribution in [0.1, 0.15) is 24.5 Å². The molecule has 0 spiro atoms. The zero-order valence-electron chi connectivity index (χ0n) is 13.3. The van der Waals surface area contributed by atoms with Gasteiger partial charge in [0.1, 0.15) is 5.92 Å². The van der Waals surface area contributed by atoms with Crippen molar-refractivity contribution in [2.75, 3.05) is 6.54 Å². The van der Waals surface area contributed by atoms with Crippen LogP contribution in [0.4, 0.5) is 13.2 Å². The molecule has 0 aromatic heterocycles. The maximum Gasteiger partial charge on any atom is 0.416 e. The van der Waals surface area contributed by atoms with Crippen LogP contribution in [0.15, 0.2) is 24.3 Å². The van der Waals surface area contributed by atoms with Gasteiger partial charge < -0.3 is 15.3 Å². The minimum atomic E-state index is -4.52. The molecule has 2 amide bonds. The predicted molar refractivity (Wildman–Crippen MR) is 80.2 cm³/mol. The lowest BCUT2D eigenvalue weighted by Crippen LogP contribution is -2.41. The average Bonchev–Trinajstić information content (AvgIpc) is 2.85. The maximum atomic E-state index is 13.0. The number of aliphatic carboxylic acids is 1. The number of amides is 2. The molecule has 1 saturated heterocycles. The number of alkyl halides is 3. The Balaban J connectivity index is 2.05. The molecule has 1 aliphatic heterocycles. The molecule has 136 valence electrons. The van der Waals surface area contributed by atoms with Crippen molar-refractivity contribution in [1.29, 1.82) is 0 Å². The second kappa shape index (κ2) is 7.12. The van der Waals surface area contributed by atoms with Crippen molar-refractivity contribution in [3.05, 3.63) is 35.4 Å². The van der Waals surface area contributed by atoms with Crippen LogP contribution < -0.4 is 5.32 Å². The summed E-state index contributed by atoms with van der Waals surface area (Å²) in [6, 6.07) is 4.35. The smallest absolute Gasteiger partial charge is 0.416 e. The Morgan fingerprint density at radius 1 is 1.36 bits per heavy atom. The van der Waals surface area contributed by atoms with Crippen molar-refractivity contribution < 1.29 is 32.7 Å². The zero-order chi connectivity index (χ0) is 18.8. The normalized spacial score (nSPS) is 19.0. The van der Waals surface area contributed by atoms with E-state index in [2.05, 4.69) is 5.32 Å². The molecule has 1 fully saturated rings. The summed E-state index contributed by atoms with van der Waals surface area (Å²) in [4.78, 5) is 35.7. The van der Waals surface area contributed by atoms with Crippen LogP contribution in [0.3, 0.4) is 0 Å². The largest absolute Gasteiger partial charge is 0.481 e. The van der Waals surface area contributed by atoms with E-state index in [1.165, 1.54) is 30.0 Å². The number of nitrogens with one attached hydrogen (secondary N) is 1. The lowest BCUT2D eigenvalue weighted by molar-refractivity contribution is -0.146.